The molecule has 0 spiro atoms. The molecular formula is C17H27N3O3. The van der Waals surface area contributed by atoms with E-state index in [0.717, 1.165) is 42.6 Å². The summed E-state index contributed by atoms with van der Waals surface area (Å²) in [7, 11) is 5.04. The summed E-state index contributed by atoms with van der Waals surface area (Å²) in [6, 6.07) is 6.31. The van der Waals surface area contributed by atoms with Crippen LogP contribution in [0.25, 0.3) is 0 Å². The molecule has 0 heterocycles. The molecule has 1 aromatic rings. The van der Waals surface area contributed by atoms with E-state index in [2.05, 4.69) is 15.6 Å². The molecule has 6 heteroatoms. The van der Waals surface area contributed by atoms with Crippen molar-refractivity contribution in [2.45, 2.75) is 31.8 Å². The van der Waals surface area contributed by atoms with Crippen LogP contribution < -0.4 is 20.1 Å². The third-order valence-electron chi connectivity index (χ3n) is 3.63. The lowest BCUT2D eigenvalue weighted by atomic mass is 10.2. The first-order chi connectivity index (χ1) is 11.3. The van der Waals surface area contributed by atoms with Crippen LogP contribution in [0.4, 0.5) is 0 Å². The predicted octanol–water partition coefficient (Wildman–Crippen LogP) is 1.94. The maximum atomic E-state index is 5.40. The van der Waals surface area contributed by atoms with Gasteiger partial charge in [0.25, 0.3) is 0 Å². The summed E-state index contributed by atoms with van der Waals surface area (Å²) < 4.78 is 15.8. The van der Waals surface area contributed by atoms with Gasteiger partial charge in [-0.15, -0.1) is 0 Å². The number of rotatable bonds is 9. The Bertz CT molecular complexity index is 516. The molecule has 1 aliphatic carbocycles. The van der Waals surface area contributed by atoms with Gasteiger partial charge < -0.3 is 24.8 Å². The van der Waals surface area contributed by atoms with Crippen LogP contribution in [0.2, 0.25) is 0 Å². The van der Waals surface area contributed by atoms with E-state index in [-0.39, 0.29) is 0 Å². The summed E-state index contributed by atoms with van der Waals surface area (Å²) in [4.78, 5) is 4.67. The number of methoxy groups -OCH3 is 3. The Hall–Kier alpha value is -1.95. The van der Waals surface area contributed by atoms with Crippen molar-refractivity contribution in [3.8, 4) is 11.5 Å². The SMILES string of the molecule is COCCCNC(=NCc1cc(OC)ccc1OC)NC1CC1. The first kappa shape index (κ1) is 17.4. The fourth-order valence-electron chi connectivity index (χ4n) is 2.17. The van der Waals surface area contributed by atoms with Gasteiger partial charge in [-0.1, -0.05) is 0 Å². The Morgan fingerprint density at radius 2 is 2.04 bits per heavy atom. The van der Waals surface area contributed by atoms with Crippen molar-refractivity contribution in [1.29, 1.82) is 0 Å². The van der Waals surface area contributed by atoms with Gasteiger partial charge in [-0.2, -0.15) is 0 Å². The second kappa shape index (κ2) is 9.25. The van der Waals surface area contributed by atoms with Crippen LogP contribution in [0.1, 0.15) is 24.8 Å². The van der Waals surface area contributed by atoms with Gasteiger partial charge in [0.1, 0.15) is 11.5 Å². The fraction of sp³-hybridized carbons (Fsp3) is 0.588. The first-order valence-electron chi connectivity index (χ1n) is 8.01. The average Bonchev–Trinajstić information content (AvgIpc) is 3.40. The van der Waals surface area contributed by atoms with Crippen LogP contribution in [0.15, 0.2) is 23.2 Å². The molecule has 1 fully saturated rings. The normalized spacial score (nSPS) is 14.5. The molecule has 0 aromatic heterocycles. The zero-order valence-corrected chi connectivity index (χ0v) is 14.2. The quantitative estimate of drug-likeness (QED) is 0.413. The molecule has 1 saturated carbocycles. The highest BCUT2D eigenvalue weighted by Gasteiger charge is 2.22. The summed E-state index contributed by atoms with van der Waals surface area (Å²) in [5.41, 5.74) is 1.00. The third-order valence-corrected chi connectivity index (χ3v) is 3.63. The van der Waals surface area contributed by atoms with Gasteiger partial charge in [-0.05, 0) is 37.5 Å². The molecule has 0 radical (unpaired) electrons. The van der Waals surface area contributed by atoms with Crippen LogP contribution >= 0.6 is 0 Å². The van der Waals surface area contributed by atoms with Gasteiger partial charge in [0.05, 0.1) is 20.8 Å². The van der Waals surface area contributed by atoms with Gasteiger partial charge in [0.15, 0.2) is 5.96 Å². The van der Waals surface area contributed by atoms with E-state index in [1.807, 2.05) is 18.2 Å². The number of aliphatic imine (C=N–C) groups is 1. The fourth-order valence-corrected chi connectivity index (χ4v) is 2.17. The predicted molar refractivity (Wildman–Crippen MR) is 91.3 cm³/mol. The van der Waals surface area contributed by atoms with Crippen molar-refractivity contribution in [3.05, 3.63) is 23.8 Å². The molecule has 128 valence electrons. The Kier molecular flexibility index (Phi) is 7.00. The molecule has 2 rings (SSSR count). The zero-order valence-electron chi connectivity index (χ0n) is 14.2. The molecule has 0 atom stereocenters. The minimum atomic E-state index is 0.534. The summed E-state index contributed by atoms with van der Waals surface area (Å²) in [6.07, 6.45) is 3.37. The highest BCUT2D eigenvalue weighted by atomic mass is 16.5. The van der Waals surface area contributed by atoms with E-state index in [1.165, 1.54) is 12.8 Å². The van der Waals surface area contributed by atoms with Gasteiger partial charge in [-0.3, -0.25) is 0 Å². The maximum absolute atomic E-state index is 5.40. The summed E-state index contributed by atoms with van der Waals surface area (Å²) >= 11 is 0. The van der Waals surface area contributed by atoms with E-state index in [1.54, 1.807) is 21.3 Å². The lowest BCUT2D eigenvalue weighted by Crippen LogP contribution is -2.39. The molecular weight excluding hydrogens is 294 g/mol. The highest BCUT2D eigenvalue weighted by molar-refractivity contribution is 5.80. The zero-order chi connectivity index (χ0) is 16.5. The Labute approximate surface area is 138 Å². The van der Waals surface area contributed by atoms with Crippen LogP contribution in [-0.2, 0) is 11.3 Å². The minimum Gasteiger partial charge on any atom is -0.497 e. The van der Waals surface area contributed by atoms with Crippen molar-refractivity contribution in [1.82, 2.24) is 10.6 Å². The first-order valence-corrected chi connectivity index (χ1v) is 8.01. The molecule has 1 aromatic carbocycles. The van der Waals surface area contributed by atoms with Gasteiger partial charge >= 0.3 is 0 Å². The van der Waals surface area contributed by atoms with Crippen molar-refractivity contribution in [2.75, 3.05) is 34.5 Å². The Morgan fingerprint density at radius 3 is 2.70 bits per heavy atom. The Morgan fingerprint density at radius 1 is 1.22 bits per heavy atom. The van der Waals surface area contributed by atoms with Crippen LogP contribution in [0.5, 0.6) is 11.5 Å². The number of nitrogens with one attached hydrogen (secondary N) is 2. The second-order valence-corrected chi connectivity index (χ2v) is 5.53. The van der Waals surface area contributed by atoms with Crippen molar-refractivity contribution in [2.24, 2.45) is 4.99 Å². The van der Waals surface area contributed by atoms with Crippen LogP contribution in [0, 0.1) is 0 Å². The average molecular weight is 321 g/mol. The summed E-state index contributed by atoms with van der Waals surface area (Å²) in [6.45, 7) is 2.11. The van der Waals surface area contributed by atoms with Crippen LogP contribution in [0.3, 0.4) is 0 Å². The number of nitrogens with zero attached hydrogens (tertiary/aromatic N) is 1. The number of benzene rings is 1. The molecule has 6 nitrogen and oxygen atoms in total. The molecule has 0 amide bonds. The molecule has 1 aliphatic rings. The number of ether oxygens (including phenoxy) is 3. The topological polar surface area (TPSA) is 64.1 Å². The van der Waals surface area contributed by atoms with E-state index in [4.69, 9.17) is 14.2 Å². The smallest absolute Gasteiger partial charge is 0.191 e. The monoisotopic (exact) mass is 321 g/mol. The van der Waals surface area contributed by atoms with Crippen molar-refractivity contribution in [3.63, 3.8) is 0 Å². The van der Waals surface area contributed by atoms with E-state index in [9.17, 15) is 0 Å². The largest absolute Gasteiger partial charge is 0.497 e. The molecule has 0 unspecified atom stereocenters. The van der Waals surface area contributed by atoms with Crippen molar-refractivity contribution < 1.29 is 14.2 Å². The lowest BCUT2D eigenvalue weighted by molar-refractivity contribution is 0.195. The molecule has 0 bridgehead atoms. The number of hydrogen-bond donors (Lipinski definition) is 2. The van der Waals surface area contributed by atoms with Gasteiger partial charge in [0, 0.05) is 31.9 Å². The van der Waals surface area contributed by atoms with Crippen molar-refractivity contribution >= 4 is 5.96 Å². The minimum absolute atomic E-state index is 0.534. The lowest BCUT2D eigenvalue weighted by Gasteiger charge is -2.13. The van der Waals surface area contributed by atoms with E-state index >= 15 is 0 Å². The molecule has 0 saturated heterocycles. The highest BCUT2D eigenvalue weighted by Crippen LogP contribution is 2.24. The van der Waals surface area contributed by atoms with Gasteiger partial charge in [-0.25, -0.2) is 4.99 Å². The Balaban J connectivity index is 1.99. The van der Waals surface area contributed by atoms with E-state index < -0.39 is 0 Å². The number of guanidine groups is 1. The number of hydrogen-bond acceptors (Lipinski definition) is 4. The summed E-state index contributed by atoms with van der Waals surface area (Å²) in [5, 5.41) is 6.78. The molecule has 2 N–H and O–H groups in total. The molecule has 23 heavy (non-hydrogen) atoms. The molecule has 0 aliphatic heterocycles. The van der Waals surface area contributed by atoms with E-state index in [0.29, 0.717) is 12.6 Å². The third kappa shape index (κ3) is 5.98. The van der Waals surface area contributed by atoms with Crippen LogP contribution in [-0.4, -0.2) is 46.5 Å². The standard InChI is InChI=1S/C17H27N3O3/c1-21-10-4-9-18-17(20-14-5-6-14)19-12-13-11-15(22-2)7-8-16(13)23-3/h7-8,11,14H,4-6,9-10,12H2,1-3H3,(H2,18,19,20). The second-order valence-electron chi connectivity index (χ2n) is 5.53. The van der Waals surface area contributed by atoms with Gasteiger partial charge in [0.2, 0.25) is 0 Å². The summed E-state index contributed by atoms with van der Waals surface area (Å²) in [5.74, 6) is 2.47. The maximum Gasteiger partial charge on any atom is 0.191 e.